The van der Waals surface area contributed by atoms with Crippen LogP contribution >= 0.6 is 11.8 Å². The SMILES string of the molecule is Nc1nc2c(c(=O)[nH]1)S[C@H](CCc1cccc(C(=O)N[C@@H](CCC(=O)O)C(=O)O)c1)CN2. The van der Waals surface area contributed by atoms with Crippen LogP contribution in [-0.4, -0.2) is 55.9 Å². The number of carbonyl (C=O) groups is 3. The molecule has 12 heteroatoms. The maximum Gasteiger partial charge on any atom is 0.326 e. The van der Waals surface area contributed by atoms with E-state index in [0.29, 0.717) is 29.2 Å². The predicted molar refractivity (Wildman–Crippen MR) is 118 cm³/mol. The first-order valence-electron chi connectivity index (χ1n) is 9.87. The minimum absolute atomic E-state index is 0.0588. The smallest absolute Gasteiger partial charge is 0.326 e. The summed E-state index contributed by atoms with van der Waals surface area (Å²) in [6.07, 6.45) is 0.793. The van der Waals surface area contributed by atoms with Crippen LogP contribution in [0.2, 0.25) is 0 Å². The van der Waals surface area contributed by atoms with E-state index in [4.69, 9.17) is 10.8 Å². The number of anilines is 2. The number of thioether (sulfide) groups is 1. The molecule has 2 aromatic rings. The quantitative estimate of drug-likeness (QED) is 0.313. The van der Waals surface area contributed by atoms with E-state index in [1.165, 1.54) is 11.8 Å². The van der Waals surface area contributed by atoms with Gasteiger partial charge >= 0.3 is 11.9 Å². The number of carboxylic acid groups (broad SMARTS) is 2. The molecular weight excluding hydrogens is 438 g/mol. The zero-order chi connectivity index (χ0) is 23.3. The third-order valence-electron chi connectivity index (χ3n) is 4.87. The van der Waals surface area contributed by atoms with E-state index in [1.807, 2.05) is 6.07 Å². The van der Waals surface area contributed by atoms with Crippen molar-refractivity contribution >= 4 is 41.4 Å². The summed E-state index contributed by atoms with van der Waals surface area (Å²) in [6.45, 7) is 0.609. The Morgan fingerprint density at radius 1 is 1.31 bits per heavy atom. The van der Waals surface area contributed by atoms with E-state index in [2.05, 4.69) is 20.6 Å². The van der Waals surface area contributed by atoms with Gasteiger partial charge in [0.05, 0.1) is 0 Å². The number of nitrogens with one attached hydrogen (secondary N) is 3. The van der Waals surface area contributed by atoms with E-state index in [9.17, 15) is 24.3 Å². The van der Waals surface area contributed by atoms with Gasteiger partial charge in [0.15, 0.2) is 0 Å². The molecule has 0 aliphatic carbocycles. The first kappa shape index (κ1) is 23.1. The molecule has 0 saturated carbocycles. The molecule has 7 N–H and O–H groups in total. The Morgan fingerprint density at radius 2 is 2.09 bits per heavy atom. The highest BCUT2D eigenvalue weighted by atomic mass is 32.2. The molecule has 1 aromatic carbocycles. The Morgan fingerprint density at radius 3 is 2.81 bits per heavy atom. The fourth-order valence-electron chi connectivity index (χ4n) is 3.25. The van der Waals surface area contributed by atoms with Gasteiger partial charge in [0, 0.05) is 23.8 Å². The molecule has 11 nitrogen and oxygen atoms in total. The van der Waals surface area contributed by atoms with Gasteiger partial charge in [-0.15, -0.1) is 11.8 Å². The summed E-state index contributed by atoms with van der Waals surface area (Å²) in [5, 5.41) is 23.6. The second-order valence-corrected chi connectivity index (χ2v) is 8.60. The van der Waals surface area contributed by atoms with Crippen LogP contribution in [0.1, 0.15) is 35.2 Å². The number of nitrogens with zero attached hydrogens (tertiary/aromatic N) is 1. The highest BCUT2D eigenvalue weighted by Gasteiger charge is 2.24. The molecule has 2 atom stereocenters. The molecule has 0 radical (unpaired) electrons. The minimum Gasteiger partial charge on any atom is -0.481 e. The van der Waals surface area contributed by atoms with Gasteiger partial charge < -0.3 is 26.6 Å². The molecule has 1 amide bonds. The number of nitrogen functional groups attached to an aromatic ring is 1. The van der Waals surface area contributed by atoms with Gasteiger partial charge in [0.2, 0.25) is 5.95 Å². The molecule has 0 bridgehead atoms. The number of fused-ring (bicyclic) bond motifs is 1. The number of aromatic nitrogens is 2. The molecule has 1 aliphatic rings. The zero-order valence-corrected chi connectivity index (χ0v) is 17.8. The average Bonchev–Trinajstić information content (AvgIpc) is 2.75. The van der Waals surface area contributed by atoms with Crippen LogP contribution < -0.4 is 21.9 Å². The number of carbonyl (C=O) groups excluding carboxylic acids is 1. The predicted octanol–water partition coefficient (Wildman–Crippen LogP) is 0.919. The average molecular weight is 462 g/mol. The molecule has 32 heavy (non-hydrogen) atoms. The molecule has 0 spiro atoms. The van der Waals surface area contributed by atoms with Crippen molar-refractivity contribution in [3.05, 3.63) is 45.7 Å². The fourth-order valence-corrected chi connectivity index (χ4v) is 4.37. The van der Waals surface area contributed by atoms with Crippen LogP contribution in [0, 0.1) is 0 Å². The van der Waals surface area contributed by atoms with Gasteiger partial charge in [-0.25, -0.2) is 4.79 Å². The largest absolute Gasteiger partial charge is 0.481 e. The van der Waals surface area contributed by atoms with Crippen molar-refractivity contribution in [2.75, 3.05) is 17.6 Å². The third-order valence-corrected chi connectivity index (χ3v) is 6.22. The van der Waals surface area contributed by atoms with Gasteiger partial charge in [-0.3, -0.25) is 19.4 Å². The second-order valence-electron chi connectivity index (χ2n) is 7.29. The molecule has 0 saturated heterocycles. The minimum atomic E-state index is -1.29. The summed E-state index contributed by atoms with van der Waals surface area (Å²) in [5.41, 5.74) is 6.44. The van der Waals surface area contributed by atoms with E-state index >= 15 is 0 Å². The van der Waals surface area contributed by atoms with Gasteiger partial charge in [-0.2, -0.15) is 4.98 Å². The Kier molecular flexibility index (Phi) is 7.36. The zero-order valence-electron chi connectivity index (χ0n) is 17.0. The number of aliphatic carboxylic acids is 2. The summed E-state index contributed by atoms with van der Waals surface area (Å²) in [5.74, 6) is -2.47. The van der Waals surface area contributed by atoms with Crippen LogP contribution in [0.3, 0.4) is 0 Å². The Balaban J connectivity index is 1.60. The number of H-pyrrole nitrogens is 1. The van der Waals surface area contributed by atoms with Gasteiger partial charge in [-0.1, -0.05) is 12.1 Å². The number of hydrogen-bond donors (Lipinski definition) is 6. The first-order chi connectivity index (χ1) is 15.2. The van der Waals surface area contributed by atoms with Crippen molar-refractivity contribution in [2.45, 2.75) is 41.9 Å². The normalized spacial score (nSPS) is 15.8. The second kappa shape index (κ2) is 10.2. The van der Waals surface area contributed by atoms with Crippen LogP contribution in [0.5, 0.6) is 0 Å². The maximum atomic E-state index is 12.5. The number of rotatable bonds is 9. The Labute approximate surface area is 186 Å². The van der Waals surface area contributed by atoms with Crippen molar-refractivity contribution in [1.29, 1.82) is 0 Å². The molecular formula is C20H23N5O6S. The summed E-state index contributed by atoms with van der Waals surface area (Å²) in [7, 11) is 0. The number of hydrogen-bond acceptors (Lipinski definition) is 8. The number of nitrogens with two attached hydrogens (primary N) is 1. The number of aromatic amines is 1. The van der Waals surface area contributed by atoms with E-state index in [-0.39, 0.29) is 29.6 Å². The highest BCUT2D eigenvalue weighted by Crippen LogP contribution is 2.33. The molecule has 3 rings (SSSR count). The number of carboxylic acids is 2. The monoisotopic (exact) mass is 461 g/mol. The lowest BCUT2D eigenvalue weighted by atomic mass is 10.0. The number of benzene rings is 1. The van der Waals surface area contributed by atoms with Gasteiger partial charge in [-0.05, 0) is 37.0 Å². The van der Waals surface area contributed by atoms with Crippen LogP contribution in [0.25, 0.3) is 0 Å². The van der Waals surface area contributed by atoms with Crippen LogP contribution in [0.15, 0.2) is 34.0 Å². The molecule has 0 fully saturated rings. The Hall–Kier alpha value is -3.54. The molecule has 2 heterocycles. The number of amides is 1. The lowest BCUT2D eigenvalue weighted by molar-refractivity contribution is -0.140. The summed E-state index contributed by atoms with van der Waals surface area (Å²) < 4.78 is 0. The van der Waals surface area contributed by atoms with Crippen molar-refractivity contribution < 1.29 is 24.6 Å². The summed E-state index contributed by atoms with van der Waals surface area (Å²) in [6, 6.07) is 5.52. The first-order valence-corrected chi connectivity index (χ1v) is 10.8. The fraction of sp³-hybridized carbons (Fsp3) is 0.350. The maximum absolute atomic E-state index is 12.5. The standard InChI is InChI=1S/C20H23N5O6S/c21-20-24-16-15(18(29)25-20)32-12(9-22-16)5-4-10-2-1-3-11(8-10)17(28)23-13(19(30)31)6-7-14(26)27/h1-3,8,12-13H,4-7,9H2,(H,23,28)(H,26,27)(H,30,31)(H4,21,22,24,25,29)/t12-,13+/m1/s1. The summed E-state index contributed by atoms with van der Waals surface area (Å²) in [4.78, 5) is 53.6. The van der Waals surface area contributed by atoms with E-state index < -0.39 is 23.9 Å². The topological polar surface area (TPSA) is 187 Å². The lowest BCUT2D eigenvalue weighted by Gasteiger charge is -2.24. The Bertz CT molecular complexity index is 1090. The van der Waals surface area contributed by atoms with Crippen LogP contribution in [-0.2, 0) is 16.0 Å². The van der Waals surface area contributed by atoms with Gasteiger partial charge in [0.1, 0.15) is 16.8 Å². The third kappa shape index (κ3) is 6.00. The van der Waals surface area contributed by atoms with Crippen molar-refractivity contribution in [1.82, 2.24) is 15.3 Å². The van der Waals surface area contributed by atoms with Crippen molar-refractivity contribution in [2.24, 2.45) is 0 Å². The lowest BCUT2D eigenvalue weighted by Crippen LogP contribution is -2.41. The van der Waals surface area contributed by atoms with Crippen molar-refractivity contribution in [3.8, 4) is 0 Å². The van der Waals surface area contributed by atoms with Gasteiger partial charge in [0.25, 0.3) is 11.5 Å². The molecule has 1 aliphatic heterocycles. The van der Waals surface area contributed by atoms with Crippen molar-refractivity contribution in [3.63, 3.8) is 0 Å². The van der Waals surface area contributed by atoms with E-state index in [1.54, 1.807) is 18.2 Å². The van der Waals surface area contributed by atoms with E-state index in [0.717, 1.165) is 12.0 Å². The highest BCUT2D eigenvalue weighted by molar-refractivity contribution is 8.00. The molecule has 1 aromatic heterocycles. The number of aryl methyl sites for hydroxylation is 1. The molecule has 170 valence electrons. The summed E-state index contributed by atoms with van der Waals surface area (Å²) >= 11 is 1.42. The van der Waals surface area contributed by atoms with Crippen LogP contribution in [0.4, 0.5) is 11.8 Å². The molecule has 0 unspecified atom stereocenters.